The van der Waals surface area contributed by atoms with E-state index in [0.29, 0.717) is 23.9 Å². The summed E-state index contributed by atoms with van der Waals surface area (Å²) in [5, 5.41) is 4.64. The minimum atomic E-state index is -3.76. The largest absolute Gasteiger partial charge is 0.489 e. The van der Waals surface area contributed by atoms with Gasteiger partial charge in [-0.15, -0.1) is 0 Å². The number of ether oxygens (including phenoxy) is 1. The molecule has 0 aliphatic heterocycles. The summed E-state index contributed by atoms with van der Waals surface area (Å²) in [5.74, 6) is 1.11. The van der Waals surface area contributed by atoms with Crippen LogP contribution in [0.4, 0.5) is 5.69 Å². The van der Waals surface area contributed by atoms with Gasteiger partial charge < -0.3 is 4.74 Å². The van der Waals surface area contributed by atoms with Crippen LogP contribution in [0.15, 0.2) is 102 Å². The fourth-order valence-corrected chi connectivity index (χ4v) is 6.35. The highest BCUT2D eigenvalue weighted by molar-refractivity contribution is 7.92. The first-order valence-corrected chi connectivity index (χ1v) is 14.8. The number of hydrogen-bond acceptors (Lipinski definition) is 5. The van der Waals surface area contributed by atoms with Gasteiger partial charge in [0, 0.05) is 17.7 Å². The molecule has 0 spiro atoms. The second-order valence-electron chi connectivity index (χ2n) is 9.90. The second kappa shape index (κ2) is 10.9. The van der Waals surface area contributed by atoms with Crippen LogP contribution in [0, 0.1) is 0 Å². The molecule has 1 N–H and O–H groups in total. The first-order chi connectivity index (χ1) is 19.1. The van der Waals surface area contributed by atoms with Crippen molar-refractivity contribution in [2.45, 2.75) is 49.5 Å². The van der Waals surface area contributed by atoms with Crippen molar-refractivity contribution in [3.63, 3.8) is 0 Å². The minimum absolute atomic E-state index is 0.197. The van der Waals surface area contributed by atoms with Gasteiger partial charge in [-0.1, -0.05) is 79.9 Å². The number of fused-ring (bicyclic) bond motifs is 1. The van der Waals surface area contributed by atoms with E-state index in [4.69, 9.17) is 9.72 Å². The summed E-state index contributed by atoms with van der Waals surface area (Å²) in [6.45, 7) is 0.510. The van der Waals surface area contributed by atoms with E-state index in [1.54, 1.807) is 36.5 Å². The van der Waals surface area contributed by atoms with E-state index in [1.165, 1.54) is 6.42 Å². The van der Waals surface area contributed by atoms with E-state index in [-0.39, 0.29) is 4.90 Å². The van der Waals surface area contributed by atoms with Crippen LogP contribution in [0.5, 0.6) is 5.75 Å². The summed E-state index contributed by atoms with van der Waals surface area (Å²) >= 11 is 0. The van der Waals surface area contributed by atoms with Crippen molar-refractivity contribution < 1.29 is 13.2 Å². The molecule has 2 aromatic heterocycles. The van der Waals surface area contributed by atoms with Crippen LogP contribution in [0.25, 0.3) is 16.8 Å². The number of aromatic nitrogens is 3. The van der Waals surface area contributed by atoms with Crippen molar-refractivity contribution in [3.05, 3.63) is 109 Å². The molecule has 0 bridgehead atoms. The third-order valence-electron chi connectivity index (χ3n) is 7.27. The lowest BCUT2D eigenvalue weighted by molar-refractivity contribution is 0.306. The van der Waals surface area contributed by atoms with Crippen molar-refractivity contribution in [3.8, 4) is 16.9 Å². The minimum Gasteiger partial charge on any atom is -0.489 e. The molecule has 1 aliphatic carbocycles. The molecular weight excluding hydrogens is 508 g/mol. The number of nitrogens with zero attached hydrogens (tertiary/aromatic N) is 3. The van der Waals surface area contributed by atoms with E-state index in [9.17, 15) is 8.42 Å². The number of anilines is 1. The maximum Gasteiger partial charge on any atom is 0.262 e. The second-order valence-corrected chi connectivity index (χ2v) is 11.6. The first-order valence-electron chi connectivity index (χ1n) is 13.3. The Hall–Kier alpha value is -4.17. The Balaban J connectivity index is 1.34. The highest BCUT2D eigenvalue weighted by atomic mass is 32.2. The van der Waals surface area contributed by atoms with Crippen molar-refractivity contribution in [1.29, 1.82) is 0 Å². The average Bonchev–Trinajstić information content (AvgIpc) is 3.39. The molecule has 198 valence electrons. The van der Waals surface area contributed by atoms with Crippen LogP contribution in [-0.4, -0.2) is 23.0 Å². The molecule has 3 aromatic carbocycles. The third-order valence-corrected chi connectivity index (χ3v) is 8.65. The zero-order chi connectivity index (χ0) is 26.7. The Labute approximate surface area is 228 Å². The van der Waals surface area contributed by atoms with Crippen LogP contribution in [0.2, 0.25) is 0 Å². The molecule has 0 saturated heterocycles. The third kappa shape index (κ3) is 5.38. The Morgan fingerprint density at radius 1 is 0.846 bits per heavy atom. The molecule has 6 rings (SSSR count). The van der Waals surface area contributed by atoms with Gasteiger partial charge >= 0.3 is 0 Å². The number of hydrogen-bond donors (Lipinski definition) is 1. The summed E-state index contributed by atoms with van der Waals surface area (Å²) in [5.41, 5.74) is 5.09. The van der Waals surface area contributed by atoms with Gasteiger partial charge in [0.2, 0.25) is 0 Å². The van der Waals surface area contributed by atoms with Crippen molar-refractivity contribution in [2.75, 3.05) is 4.72 Å². The molecule has 8 heteroatoms. The van der Waals surface area contributed by atoms with Crippen LogP contribution in [-0.2, 0) is 16.6 Å². The fraction of sp³-hybridized carbons (Fsp3) is 0.226. The number of benzene rings is 3. The molecule has 1 saturated carbocycles. The predicted molar refractivity (Wildman–Crippen MR) is 152 cm³/mol. The van der Waals surface area contributed by atoms with Gasteiger partial charge in [0.15, 0.2) is 5.65 Å². The molecule has 0 amide bonds. The predicted octanol–water partition coefficient (Wildman–Crippen LogP) is 6.82. The Kier molecular flexibility index (Phi) is 7.02. The van der Waals surface area contributed by atoms with Gasteiger partial charge in [-0.2, -0.15) is 5.10 Å². The summed E-state index contributed by atoms with van der Waals surface area (Å²) in [6.07, 6.45) is 9.09. The standard InChI is InChI=1S/C31H30N4O3S/c36-39(37,27-14-8-3-9-15-27)34-29-21-33-35-30(25-12-6-2-7-13-25)28(20-32-31(29)35)24-16-18-26(19-17-24)38-22-23-10-4-1-5-11-23/h1,3-5,8-11,14-21,25,34H,2,6-7,12-13,22H2. The molecule has 2 heterocycles. The van der Waals surface area contributed by atoms with Crippen LogP contribution >= 0.6 is 0 Å². The first kappa shape index (κ1) is 25.1. The highest BCUT2D eigenvalue weighted by Crippen LogP contribution is 2.39. The topological polar surface area (TPSA) is 85.6 Å². The SMILES string of the molecule is O=S(=O)(Nc1cnn2c(C3CCCCC3)c(-c3ccc(OCc4ccccc4)cc3)cnc12)c1ccccc1. The van der Waals surface area contributed by atoms with E-state index < -0.39 is 10.0 Å². The Bertz CT molecular complexity index is 1660. The van der Waals surface area contributed by atoms with Gasteiger partial charge in [-0.05, 0) is 48.2 Å². The smallest absolute Gasteiger partial charge is 0.262 e. The zero-order valence-corrected chi connectivity index (χ0v) is 22.3. The normalized spacial score (nSPS) is 14.4. The van der Waals surface area contributed by atoms with Crippen LogP contribution in [0.1, 0.15) is 49.3 Å². The molecule has 5 aromatic rings. The monoisotopic (exact) mass is 538 g/mol. The van der Waals surface area contributed by atoms with E-state index in [2.05, 4.69) is 22.0 Å². The quantitative estimate of drug-likeness (QED) is 0.234. The molecule has 0 unspecified atom stereocenters. The van der Waals surface area contributed by atoms with Crippen LogP contribution in [0.3, 0.4) is 0 Å². The lowest BCUT2D eigenvalue weighted by Gasteiger charge is -2.25. The van der Waals surface area contributed by atoms with E-state index >= 15 is 0 Å². The Morgan fingerprint density at radius 2 is 1.54 bits per heavy atom. The van der Waals surface area contributed by atoms with Gasteiger partial charge in [0.25, 0.3) is 10.0 Å². The number of sulfonamides is 1. The lowest BCUT2D eigenvalue weighted by Crippen LogP contribution is -2.14. The molecule has 1 aliphatic rings. The van der Waals surface area contributed by atoms with Crippen LogP contribution < -0.4 is 9.46 Å². The fourth-order valence-electron chi connectivity index (χ4n) is 5.29. The van der Waals surface area contributed by atoms with E-state index in [1.807, 2.05) is 53.2 Å². The van der Waals surface area contributed by atoms with Gasteiger partial charge in [0.05, 0.1) is 16.8 Å². The van der Waals surface area contributed by atoms with Crippen molar-refractivity contribution in [1.82, 2.24) is 14.6 Å². The Morgan fingerprint density at radius 3 is 2.26 bits per heavy atom. The molecule has 1 fully saturated rings. The molecule has 7 nitrogen and oxygen atoms in total. The highest BCUT2D eigenvalue weighted by Gasteiger charge is 2.25. The summed E-state index contributed by atoms with van der Waals surface area (Å²) in [4.78, 5) is 4.89. The molecule has 0 radical (unpaired) electrons. The number of rotatable bonds is 8. The molecular formula is C31H30N4O3S. The van der Waals surface area contributed by atoms with E-state index in [0.717, 1.165) is 53.8 Å². The van der Waals surface area contributed by atoms with Gasteiger partial charge in [-0.25, -0.2) is 17.9 Å². The van der Waals surface area contributed by atoms with Gasteiger partial charge in [0.1, 0.15) is 18.0 Å². The molecule has 0 atom stereocenters. The van der Waals surface area contributed by atoms with Crippen molar-refractivity contribution >= 4 is 21.4 Å². The number of nitrogens with one attached hydrogen (secondary N) is 1. The zero-order valence-electron chi connectivity index (χ0n) is 21.5. The lowest BCUT2D eigenvalue weighted by atomic mass is 9.84. The maximum absolute atomic E-state index is 13.0. The molecule has 39 heavy (non-hydrogen) atoms. The summed E-state index contributed by atoms with van der Waals surface area (Å²) < 4.78 is 36.5. The summed E-state index contributed by atoms with van der Waals surface area (Å²) in [7, 11) is -3.76. The average molecular weight is 539 g/mol. The van der Waals surface area contributed by atoms with Gasteiger partial charge in [-0.3, -0.25) is 4.72 Å². The summed E-state index contributed by atoms with van der Waals surface area (Å²) in [6, 6.07) is 26.5. The van der Waals surface area contributed by atoms with Crippen molar-refractivity contribution in [2.24, 2.45) is 0 Å². The maximum atomic E-state index is 13.0.